The predicted molar refractivity (Wildman–Crippen MR) is 45.7 cm³/mol. The van der Waals surface area contributed by atoms with Crippen molar-refractivity contribution in [3.63, 3.8) is 0 Å². The van der Waals surface area contributed by atoms with Crippen LogP contribution in [-0.4, -0.2) is 9.97 Å². The number of nitrogens with one attached hydrogen (secondary N) is 1. The summed E-state index contributed by atoms with van der Waals surface area (Å²) in [4.78, 5) is 6.84. The van der Waals surface area contributed by atoms with E-state index in [9.17, 15) is 0 Å². The lowest BCUT2D eigenvalue weighted by atomic mass is 10.3. The summed E-state index contributed by atoms with van der Waals surface area (Å²) < 4.78 is 0. The Morgan fingerprint density at radius 2 is 2.20 bits per heavy atom. The Labute approximate surface area is 72.2 Å². The molecular formula is C5H11Cl2N3. The van der Waals surface area contributed by atoms with Gasteiger partial charge >= 0.3 is 0 Å². The maximum Gasteiger partial charge on any atom is 0.122 e. The Balaban J connectivity index is 0. The van der Waals surface area contributed by atoms with Crippen LogP contribution in [0.3, 0.4) is 0 Å². The van der Waals surface area contributed by atoms with Crippen LogP contribution in [0.2, 0.25) is 0 Å². The number of nitrogens with two attached hydrogens (primary N) is 1. The number of hydrogen-bond donors (Lipinski definition) is 2. The topological polar surface area (TPSA) is 54.7 Å². The molecule has 60 valence electrons. The van der Waals surface area contributed by atoms with Crippen molar-refractivity contribution in [2.75, 3.05) is 0 Å². The van der Waals surface area contributed by atoms with Crippen LogP contribution in [0.15, 0.2) is 12.4 Å². The Morgan fingerprint density at radius 1 is 1.60 bits per heavy atom. The fourth-order valence-corrected chi connectivity index (χ4v) is 0.526. The summed E-state index contributed by atoms with van der Waals surface area (Å²) in [5, 5.41) is 0. The van der Waals surface area contributed by atoms with Gasteiger partial charge in [0.05, 0.1) is 6.04 Å². The average Bonchev–Trinajstić information content (AvgIpc) is 2.12. The standard InChI is InChI=1S/C5H9N3.2ClH/c1-4(6)5-7-2-3-8-5;;/h2-4H,6H2,1H3,(H,7,8);2*1H/t4-;;/m0../s1. The first-order chi connectivity index (χ1) is 3.80. The first-order valence-corrected chi connectivity index (χ1v) is 2.55. The van der Waals surface area contributed by atoms with Crippen molar-refractivity contribution in [2.45, 2.75) is 13.0 Å². The predicted octanol–water partition coefficient (Wildman–Crippen LogP) is 1.27. The van der Waals surface area contributed by atoms with Crippen molar-refractivity contribution in [1.29, 1.82) is 0 Å². The highest BCUT2D eigenvalue weighted by atomic mass is 35.5. The van der Waals surface area contributed by atoms with E-state index in [1.165, 1.54) is 0 Å². The minimum atomic E-state index is 0. The van der Waals surface area contributed by atoms with Crippen LogP contribution in [-0.2, 0) is 0 Å². The van der Waals surface area contributed by atoms with Crippen LogP contribution in [0.25, 0.3) is 0 Å². The minimum Gasteiger partial charge on any atom is -0.347 e. The molecule has 0 bridgehead atoms. The second kappa shape index (κ2) is 5.53. The molecule has 1 aromatic rings. The van der Waals surface area contributed by atoms with Crippen molar-refractivity contribution >= 4 is 24.8 Å². The van der Waals surface area contributed by atoms with Crippen molar-refractivity contribution in [1.82, 2.24) is 9.97 Å². The number of halogens is 2. The Kier molecular flexibility index (Phi) is 6.87. The van der Waals surface area contributed by atoms with Crippen LogP contribution >= 0.6 is 24.8 Å². The van der Waals surface area contributed by atoms with E-state index < -0.39 is 0 Å². The largest absolute Gasteiger partial charge is 0.347 e. The van der Waals surface area contributed by atoms with Crippen molar-refractivity contribution < 1.29 is 0 Å². The SMILES string of the molecule is C[C@H](N)c1ncc[nH]1.Cl.Cl. The van der Waals surface area contributed by atoms with Gasteiger partial charge in [0.1, 0.15) is 5.82 Å². The van der Waals surface area contributed by atoms with Gasteiger partial charge in [0.15, 0.2) is 0 Å². The molecule has 3 N–H and O–H groups in total. The molecular weight excluding hydrogens is 173 g/mol. The minimum absolute atomic E-state index is 0. The fourth-order valence-electron chi connectivity index (χ4n) is 0.526. The highest BCUT2D eigenvalue weighted by Gasteiger charge is 1.97. The zero-order chi connectivity index (χ0) is 5.98. The van der Waals surface area contributed by atoms with Gasteiger partial charge in [-0.15, -0.1) is 24.8 Å². The summed E-state index contributed by atoms with van der Waals surface area (Å²) in [5.41, 5.74) is 5.46. The van der Waals surface area contributed by atoms with Gasteiger partial charge in [-0.3, -0.25) is 0 Å². The van der Waals surface area contributed by atoms with Crippen molar-refractivity contribution in [3.05, 3.63) is 18.2 Å². The van der Waals surface area contributed by atoms with Crippen molar-refractivity contribution in [2.24, 2.45) is 5.73 Å². The molecule has 1 heterocycles. The molecule has 3 nitrogen and oxygen atoms in total. The molecule has 1 aromatic heterocycles. The highest BCUT2D eigenvalue weighted by Crippen LogP contribution is 1.98. The number of nitrogens with zero attached hydrogens (tertiary/aromatic N) is 1. The Bertz CT molecular complexity index is 150. The van der Waals surface area contributed by atoms with Crippen LogP contribution < -0.4 is 5.73 Å². The van der Waals surface area contributed by atoms with Crippen LogP contribution in [0, 0.1) is 0 Å². The Hall–Kier alpha value is -0.250. The van der Waals surface area contributed by atoms with E-state index in [1.54, 1.807) is 12.4 Å². The van der Waals surface area contributed by atoms with Gasteiger partial charge in [0.25, 0.3) is 0 Å². The second-order valence-corrected chi connectivity index (χ2v) is 1.76. The Morgan fingerprint density at radius 3 is 2.40 bits per heavy atom. The van der Waals surface area contributed by atoms with Crippen LogP contribution in [0.5, 0.6) is 0 Å². The van der Waals surface area contributed by atoms with Gasteiger partial charge in [-0.05, 0) is 6.92 Å². The monoisotopic (exact) mass is 183 g/mol. The smallest absolute Gasteiger partial charge is 0.122 e. The summed E-state index contributed by atoms with van der Waals surface area (Å²) in [6.45, 7) is 1.89. The summed E-state index contributed by atoms with van der Waals surface area (Å²) in [6.07, 6.45) is 3.46. The average molecular weight is 184 g/mol. The fraction of sp³-hybridized carbons (Fsp3) is 0.400. The van der Waals surface area contributed by atoms with Gasteiger partial charge in [0.2, 0.25) is 0 Å². The maximum atomic E-state index is 5.46. The summed E-state index contributed by atoms with van der Waals surface area (Å²) >= 11 is 0. The number of rotatable bonds is 1. The molecule has 0 saturated heterocycles. The normalized spacial score (nSPS) is 11.0. The lowest BCUT2D eigenvalue weighted by Crippen LogP contribution is -2.06. The third kappa shape index (κ3) is 3.06. The molecule has 10 heavy (non-hydrogen) atoms. The van der Waals surface area contributed by atoms with Gasteiger partial charge < -0.3 is 10.7 Å². The van der Waals surface area contributed by atoms with E-state index >= 15 is 0 Å². The van der Waals surface area contributed by atoms with Crippen molar-refractivity contribution in [3.8, 4) is 0 Å². The summed E-state index contributed by atoms with van der Waals surface area (Å²) in [7, 11) is 0. The molecule has 0 aromatic carbocycles. The summed E-state index contributed by atoms with van der Waals surface area (Å²) in [6, 6.07) is 0.0185. The molecule has 0 spiro atoms. The van der Waals surface area contributed by atoms with Gasteiger partial charge in [0, 0.05) is 12.4 Å². The molecule has 0 amide bonds. The van der Waals surface area contributed by atoms with Crippen LogP contribution in [0.1, 0.15) is 18.8 Å². The summed E-state index contributed by atoms with van der Waals surface area (Å²) in [5.74, 6) is 0.838. The lowest BCUT2D eigenvalue weighted by Gasteiger charge is -1.95. The van der Waals surface area contributed by atoms with Gasteiger partial charge in [-0.25, -0.2) is 4.98 Å². The van der Waals surface area contributed by atoms with E-state index in [4.69, 9.17) is 5.73 Å². The first-order valence-electron chi connectivity index (χ1n) is 2.55. The van der Waals surface area contributed by atoms with Crippen LogP contribution in [0.4, 0.5) is 0 Å². The molecule has 0 aliphatic rings. The quantitative estimate of drug-likeness (QED) is 0.690. The van der Waals surface area contributed by atoms with E-state index in [1.807, 2.05) is 6.92 Å². The number of imidazole rings is 1. The third-order valence-electron chi connectivity index (χ3n) is 0.951. The molecule has 0 fully saturated rings. The molecule has 1 atom stereocenters. The molecule has 0 aliphatic heterocycles. The molecule has 1 rings (SSSR count). The molecule has 0 saturated carbocycles. The molecule has 0 aliphatic carbocycles. The third-order valence-corrected chi connectivity index (χ3v) is 0.951. The second-order valence-electron chi connectivity index (χ2n) is 1.76. The highest BCUT2D eigenvalue weighted by molar-refractivity contribution is 5.85. The van der Waals surface area contributed by atoms with Gasteiger partial charge in [-0.2, -0.15) is 0 Å². The van der Waals surface area contributed by atoms with E-state index in [2.05, 4.69) is 9.97 Å². The number of H-pyrrole nitrogens is 1. The van der Waals surface area contributed by atoms with E-state index in [0.717, 1.165) is 5.82 Å². The number of hydrogen-bond acceptors (Lipinski definition) is 2. The number of aromatic nitrogens is 2. The molecule has 5 heteroatoms. The molecule has 0 radical (unpaired) electrons. The zero-order valence-corrected chi connectivity index (χ0v) is 7.21. The first kappa shape index (κ1) is 12.4. The number of aromatic amines is 1. The molecule has 0 unspecified atom stereocenters. The van der Waals surface area contributed by atoms with Gasteiger partial charge in [-0.1, -0.05) is 0 Å². The van der Waals surface area contributed by atoms with E-state index in [0.29, 0.717) is 0 Å². The maximum absolute atomic E-state index is 5.46. The lowest BCUT2D eigenvalue weighted by molar-refractivity contribution is 0.756. The zero-order valence-electron chi connectivity index (χ0n) is 5.57. The van der Waals surface area contributed by atoms with E-state index in [-0.39, 0.29) is 30.9 Å².